The molecule has 1 aliphatic heterocycles. The smallest absolute Gasteiger partial charge is 0.114 e. The van der Waals surface area contributed by atoms with E-state index in [1.165, 1.54) is 11.1 Å². The Morgan fingerprint density at radius 2 is 1.93 bits per heavy atom. The lowest BCUT2D eigenvalue weighted by molar-refractivity contribution is 0.329. The minimum absolute atomic E-state index is 0.00125. The molecule has 0 spiro atoms. The van der Waals surface area contributed by atoms with Crippen molar-refractivity contribution in [3.63, 3.8) is 0 Å². The van der Waals surface area contributed by atoms with E-state index in [-0.39, 0.29) is 11.0 Å². The van der Waals surface area contributed by atoms with Gasteiger partial charge < -0.3 is 4.74 Å². The quantitative estimate of drug-likeness (QED) is 0.619. The van der Waals surface area contributed by atoms with Gasteiger partial charge in [-0.2, -0.15) is 0 Å². The van der Waals surface area contributed by atoms with Crippen LogP contribution in [0.25, 0.3) is 0 Å². The Morgan fingerprint density at radius 3 is 2.43 bits per heavy atom. The predicted octanol–water partition coefficient (Wildman–Crippen LogP) is 3.23. The zero-order valence-corrected chi connectivity index (χ0v) is 9.42. The predicted molar refractivity (Wildman–Crippen MR) is 58.4 cm³/mol. The summed E-state index contributed by atoms with van der Waals surface area (Å²) < 4.78 is 5.45. The van der Waals surface area contributed by atoms with E-state index in [0.29, 0.717) is 0 Å². The molecule has 1 atom stereocenters. The van der Waals surface area contributed by atoms with Gasteiger partial charge in [0, 0.05) is 0 Å². The first-order valence-corrected chi connectivity index (χ1v) is 5.17. The van der Waals surface area contributed by atoms with Crippen molar-refractivity contribution < 1.29 is 4.74 Å². The summed E-state index contributed by atoms with van der Waals surface area (Å²) in [5.74, 6) is 0. The van der Waals surface area contributed by atoms with E-state index in [0.717, 1.165) is 6.61 Å². The van der Waals surface area contributed by atoms with E-state index < -0.39 is 0 Å². The van der Waals surface area contributed by atoms with E-state index in [9.17, 15) is 0 Å². The van der Waals surface area contributed by atoms with Gasteiger partial charge >= 0.3 is 0 Å². The molecule has 14 heavy (non-hydrogen) atoms. The van der Waals surface area contributed by atoms with Crippen LogP contribution in [0.15, 0.2) is 24.3 Å². The number of ether oxygens (including phenoxy) is 1. The Kier molecular flexibility index (Phi) is 1.97. The number of hydrogen-bond donors (Lipinski definition) is 0. The van der Waals surface area contributed by atoms with Crippen molar-refractivity contribution in [3.05, 3.63) is 35.4 Å². The van der Waals surface area contributed by atoms with Crippen molar-refractivity contribution >= 4 is 0 Å². The summed E-state index contributed by atoms with van der Waals surface area (Å²) in [5, 5.41) is 0. The summed E-state index contributed by atoms with van der Waals surface area (Å²) in [5.41, 5.74) is 2.92. The molecule has 1 heterocycles. The van der Waals surface area contributed by atoms with Crippen LogP contribution >= 0.6 is 0 Å². The fourth-order valence-electron chi connectivity index (χ4n) is 1.59. The third-order valence-electron chi connectivity index (χ3n) is 2.92. The standard InChI is InChI=1S/C13H18O/c1-12(2,3)10-6-5-7-11(8-10)13(4)9-14-13/h5-8H,9H2,1-4H3. The van der Waals surface area contributed by atoms with Crippen LogP contribution in [0, 0.1) is 0 Å². The van der Waals surface area contributed by atoms with E-state index in [4.69, 9.17) is 4.74 Å². The third kappa shape index (κ3) is 1.69. The maximum Gasteiger partial charge on any atom is 0.114 e. The molecule has 76 valence electrons. The minimum Gasteiger partial charge on any atom is -0.365 e. The molecular weight excluding hydrogens is 172 g/mol. The van der Waals surface area contributed by atoms with Crippen molar-refractivity contribution in [2.75, 3.05) is 6.61 Å². The van der Waals surface area contributed by atoms with Gasteiger partial charge in [0.1, 0.15) is 5.60 Å². The van der Waals surface area contributed by atoms with Crippen molar-refractivity contribution in [1.82, 2.24) is 0 Å². The molecule has 1 heteroatoms. The Bertz CT molecular complexity index is 322. The molecule has 2 rings (SSSR count). The Morgan fingerprint density at radius 1 is 1.29 bits per heavy atom. The largest absolute Gasteiger partial charge is 0.365 e. The highest BCUT2D eigenvalue weighted by molar-refractivity contribution is 5.33. The average Bonchev–Trinajstić information content (AvgIpc) is 2.84. The Hall–Kier alpha value is -0.820. The van der Waals surface area contributed by atoms with Gasteiger partial charge in [-0.15, -0.1) is 0 Å². The van der Waals surface area contributed by atoms with Crippen molar-refractivity contribution in [2.24, 2.45) is 0 Å². The maximum absolute atomic E-state index is 5.45. The molecule has 0 N–H and O–H groups in total. The molecule has 0 aliphatic carbocycles. The Labute approximate surface area is 86.1 Å². The highest BCUT2D eigenvalue weighted by Gasteiger charge is 2.41. The topological polar surface area (TPSA) is 12.5 Å². The maximum atomic E-state index is 5.45. The van der Waals surface area contributed by atoms with Crippen LogP contribution in [0.5, 0.6) is 0 Å². The van der Waals surface area contributed by atoms with Gasteiger partial charge in [0.2, 0.25) is 0 Å². The highest BCUT2D eigenvalue weighted by atomic mass is 16.6. The molecule has 1 fully saturated rings. The number of benzene rings is 1. The number of epoxide rings is 1. The zero-order chi connectivity index (χ0) is 10.4. The van der Waals surface area contributed by atoms with E-state index in [1.54, 1.807) is 0 Å². The molecule has 1 unspecified atom stereocenters. The SMILES string of the molecule is CC(C)(C)c1cccc(C2(C)CO2)c1. The molecule has 1 saturated heterocycles. The normalized spacial score (nSPS) is 26.3. The number of hydrogen-bond acceptors (Lipinski definition) is 1. The second-order valence-corrected chi connectivity index (χ2v) is 5.35. The van der Waals surface area contributed by atoms with Gasteiger partial charge in [-0.25, -0.2) is 0 Å². The summed E-state index contributed by atoms with van der Waals surface area (Å²) >= 11 is 0. The van der Waals surface area contributed by atoms with Gasteiger partial charge in [-0.05, 0) is 23.5 Å². The van der Waals surface area contributed by atoms with Crippen LogP contribution in [0.2, 0.25) is 0 Å². The molecule has 1 aliphatic rings. The van der Waals surface area contributed by atoms with Gasteiger partial charge in [-0.3, -0.25) is 0 Å². The summed E-state index contributed by atoms with van der Waals surface area (Å²) in [6.45, 7) is 9.72. The summed E-state index contributed by atoms with van der Waals surface area (Å²) in [6.07, 6.45) is 0. The first kappa shape index (κ1) is 9.72. The lowest BCUT2D eigenvalue weighted by Gasteiger charge is -2.20. The fraction of sp³-hybridized carbons (Fsp3) is 0.538. The molecule has 0 aromatic heterocycles. The summed E-state index contributed by atoms with van der Waals surface area (Å²) in [7, 11) is 0. The van der Waals surface area contributed by atoms with Crippen LogP contribution in [0.4, 0.5) is 0 Å². The van der Waals surface area contributed by atoms with Crippen LogP contribution in [-0.4, -0.2) is 6.61 Å². The third-order valence-corrected chi connectivity index (χ3v) is 2.92. The Balaban J connectivity index is 2.37. The van der Waals surface area contributed by atoms with Crippen LogP contribution in [-0.2, 0) is 15.8 Å². The summed E-state index contributed by atoms with van der Waals surface area (Å²) in [6, 6.07) is 8.74. The van der Waals surface area contributed by atoms with Gasteiger partial charge in [0.25, 0.3) is 0 Å². The lowest BCUT2D eigenvalue weighted by Crippen LogP contribution is -2.12. The van der Waals surface area contributed by atoms with Crippen molar-refractivity contribution in [3.8, 4) is 0 Å². The first-order chi connectivity index (χ1) is 6.42. The van der Waals surface area contributed by atoms with E-state index in [1.807, 2.05) is 0 Å². The minimum atomic E-state index is 0.00125. The molecule has 0 radical (unpaired) electrons. The van der Waals surface area contributed by atoms with Gasteiger partial charge in [-0.1, -0.05) is 45.0 Å². The lowest BCUT2D eigenvalue weighted by atomic mass is 9.85. The second-order valence-electron chi connectivity index (χ2n) is 5.35. The first-order valence-electron chi connectivity index (χ1n) is 5.17. The van der Waals surface area contributed by atoms with Crippen LogP contribution in [0.1, 0.15) is 38.8 Å². The molecule has 1 aromatic carbocycles. The highest BCUT2D eigenvalue weighted by Crippen LogP contribution is 2.39. The van der Waals surface area contributed by atoms with Gasteiger partial charge in [0.05, 0.1) is 6.61 Å². The fourth-order valence-corrected chi connectivity index (χ4v) is 1.59. The van der Waals surface area contributed by atoms with Crippen LogP contribution in [0.3, 0.4) is 0 Å². The molecule has 0 saturated carbocycles. The monoisotopic (exact) mass is 190 g/mol. The second kappa shape index (κ2) is 2.83. The molecule has 0 amide bonds. The molecule has 0 bridgehead atoms. The molecular formula is C13H18O. The van der Waals surface area contributed by atoms with E-state index in [2.05, 4.69) is 52.0 Å². The van der Waals surface area contributed by atoms with Crippen LogP contribution < -0.4 is 0 Å². The van der Waals surface area contributed by atoms with E-state index >= 15 is 0 Å². The zero-order valence-electron chi connectivity index (χ0n) is 9.42. The summed E-state index contributed by atoms with van der Waals surface area (Å²) in [4.78, 5) is 0. The van der Waals surface area contributed by atoms with Crippen molar-refractivity contribution in [2.45, 2.75) is 38.7 Å². The molecule has 1 aromatic rings. The van der Waals surface area contributed by atoms with Crippen molar-refractivity contribution in [1.29, 1.82) is 0 Å². The average molecular weight is 190 g/mol. The molecule has 1 nitrogen and oxygen atoms in total. The number of rotatable bonds is 1. The van der Waals surface area contributed by atoms with Gasteiger partial charge in [0.15, 0.2) is 0 Å².